The topological polar surface area (TPSA) is 58.6 Å². The van der Waals surface area contributed by atoms with Gasteiger partial charge in [-0.3, -0.25) is 9.59 Å². The van der Waals surface area contributed by atoms with Gasteiger partial charge in [0.15, 0.2) is 0 Å². The van der Waals surface area contributed by atoms with Crippen LogP contribution in [-0.4, -0.2) is 25.0 Å². The van der Waals surface area contributed by atoms with Crippen LogP contribution in [0.1, 0.15) is 37.8 Å². The third kappa shape index (κ3) is 4.35. The molecule has 0 unspecified atom stereocenters. The lowest BCUT2D eigenvalue weighted by atomic mass is 10.0. The van der Waals surface area contributed by atoms with Crippen LogP contribution in [-0.2, 0) is 22.6 Å². The summed E-state index contributed by atoms with van der Waals surface area (Å²) in [6, 6.07) is 15.2. The number of aryl methyl sites for hydroxylation is 1. The molecule has 28 heavy (non-hydrogen) atoms. The molecule has 1 aliphatic heterocycles. The van der Waals surface area contributed by atoms with Gasteiger partial charge >= 0.3 is 0 Å². The third-order valence-electron chi connectivity index (χ3n) is 5.41. The van der Waals surface area contributed by atoms with Gasteiger partial charge in [-0.25, -0.2) is 0 Å². The molecule has 0 radical (unpaired) electrons. The van der Waals surface area contributed by atoms with Crippen molar-refractivity contribution in [2.24, 2.45) is 5.92 Å². The molecule has 5 nitrogen and oxygen atoms in total. The monoisotopic (exact) mass is 380 g/mol. The standard InChI is InChI=1S/C23H28N2O3/c1-4-16(2)22(26)24-20-13-11-18-10-12-19(28-3)14-21(18)25(23(20)27)15-17-8-6-5-7-9-17/h5-10,12,14,16,20H,4,11,13,15H2,1-3H3,(H,24,26)/t16-,20+/m1/s1. The van der Waals surface area contributed by atoms with Crippen molar-refractivity contribution in [1.82, 2.24) is 5.32 Å². The molecule has 2 amide bonds. The first-order valence-electron chi connectivity index (χ1n) is 9.86. The van der Waals surface area contributed by atoms with E-state index in [1.165, 1.54) is 0 Å². The highest BCUT2D eigenvalue weighted by Gasteiger charge is 2.32. The van der Waals surface area contributed by atoms with E-state index in [1.807, 2.05) is 62.4 Å². The van der Waals surface area contributed by atoms with Crippen molar-refractivity contribution in [1.29, 1.82) is 0 Å². The average Bonchev–Trinajstić information content (AvgIpc) is 2.85. The summed E-state index contributed by atoms with van der Waals surface area (Å²) in [6.45, 7) is 4.32. The molecule has 1 N–H and O–H groups in total. The maximum absolute atomic E-state index is 13.4. The van der Waals surface area contributed by atoms with Crippen LogP contribution in [0.4, 0.5) is 5.69 Å². The zero-order chi connectivity index (χ0) is 20.1. The van der Waals surface area contributed by atoms with Gasteiger partial charge in [-0.15, -0.1) is 0 Å². The number of hydrogen-bond donors (Lipinski definition) is 1. The van der Waals surface area contributed by atoms with E-state index in [-0.39, 0.29) is 17.7 Å². The minimum atomic E-state index is -0.524. The van der Waals surface area contributed by atoms with E-state index in [0.29, 0.717) is 18.7 Å². The van der Waals surface area contributed by atoms with E-state index in [9.17, 15) is 9.59 Å². The van der Waals surface area contributed by atoms with Crippen molar-refractivity contribution in [3.63, 3.8) is 0 Å². The SMILES string of the molecule is CC[C@@H](C)C(=O)N[C@H]1CCc2ccc(OC)cc2N(Cc2ccccc2)C1=O. The Bertz CT molecular complexity index is 835. The number of carbonyl (C=O) groups excluding carboxylic acids is 2. The Morgan fingerprint density at radius 2 is 2.00 bits per heavy atom. The number of amides is 2. The van der Waals surface area contributed by atoms with Crippen molar-refractivity contribution in [3.8, 4) is 5.75 Å². The molecule has 148 valence electrons. The Morgan fingerprint density at radius 1 is 1.25 bits per heavy atom. The number of fused-ring (bicyclic) bond motifs is 1. The predicted octanol–water partition coefficient (Wildman–Crippen LogP) is 3.71. The number of anilines is 1. The average molecular weight is 380 g/mol. The summed E-state index contributed by atoms with van der Waals surface area (Å²) >= 11 is 0. The number of rotatable bonds is 6. The van der Waals surface area contributed by atoms with Crippen molar-refractivity contribution in [2.45, 2.75) is 45.7 Å². The second-order valence-electron chi connectivity index (χ2n) is 7.31. The van der Waals surface area contributed by atoms with Crippen LogP contribution in [0, 0.1) is 5.92 Å². The first kappa shape index (κ1) is 19.9. The van der Waals surface area contributed by atoms with Crippen LogP contribution in [0.3, 0.4) is 0 Å². The quantitative estimate of drug-likeness (QED) is 0.831. The molecule has 0 spiro atoms. The zero-order valence-electron chi connectivity index (χ0n) is 16.8. The normalized spacial score (nSPS) is 17.5. The number of carbonyl (C=O) groups is 2. The van der Waals surface area contributed by atoms with Gasteiger partial charge in [0, 0.05) is 12.0 Å². The lowest BCUT2D eigenvalue weighted by molar-refractivity contribution is -0.129. The van der Waals surface area contributed by atoms with E-state index in [4.69, 9.17) is 4.74 Å². The third-order valence-corrected chi connectivity index (χ3v) is 5.41. The number of methoxy groups -OCH3 is 1. The summed E-state index contributed by atoms with van der Waals surface area (Å²) in [5, 5.41) is 2.98. The van der Waals surface area contributed by atoms with Crippen LogP contribution in [0.5, 0.6) is 5.75 Å². The van der Waals surface area contributed by atoms with Gasteiger partial charge in [0.25, 0.3) is 0 Å². The lowest BCUT2D eigenvalue weighted by Gasteiger charge is -2.27. The summed E-state index contributed by atoms with van der Waals surface area (Å²) in [5.74, 6) is 0.462. The minimum Gasteiger partial charge on any atom is -0.497 e. The van der Waals surface area contributed by atoms with Crippen LogP contribution < -0.4 is 15.0 Å². The molecule has 0 saturated heterocycles. The second-order valence-corrected chi connectivity index (χ2v) is 7.31. The van der Waals surface area contributed by atoms with Crippen molar-refractivity contribution in [2.75, 3.05) is 12.0 Å². The Morgan fingerprint density at radius 3 is 2.68 bits per heavy atom. The summed E-state index contributed by atoms with van der Waals surface area (Å²) in [5.41, 5.74) is 2.98. The molecule has 2 aromatic rings. The van der Waals surface area contributed by atoms with E-state index >= 15 is 0 Å². The molecule has 3 rings (SSSR count). The Hall–Kier alpha value is -2.82. The van der Waals surface area contributed by atoms with Crippen LogP contribution in [0.2, 0.25) is 0 Å². The lowest BCUT2D eigenvalue weighted by Crippen LogP contribution is -2.49. The highest BCUT2D eigenvalue weighted by Crippen LogP contribution is 2.32. The molecule has 0 saturated carbocycles. The maximum atomic E-state index is 13.4. The van der Waals surface area contributed by atoms with E-state index < -0.39 is 6.04 Å². The van der Waals surface area contributed by atoms with E-state index in [1.54, 1.807) is 12.0 Å². The molecule has 5 heteroatoms. The second kappa shape index (κ2) is 8.91. The fraction of sp³-hybridized carbons (Fsp3) is 0.391. The Kier molecular flexibility index (Phi) is 6.34. The van der Waals surface area contributed by atoms with Crippen molar-refractivity contribution >= 4 is 17.5 Å². The first-order valence-corrected chi connectivity index (χ1v) is 9.86. The molecule has 1 heterocycles. The minimum absolute atomic E-state index is 0.0657. The predicted molar refractivity (Wildman–Crippen MR) is 110 cm³/mol. The highest BCUT2D eigenvalue weighted by atomic mass is 16.5. The zero-order valence-corrected chi connectivity index (χ0v) is 16.8. The van der Waals surface area contributed by atoms with Gasteiger partial charge in [0.05, 0.1) is 19.3 Å². The van der Waals surface area contributed by atoms with Gasteiger partial charge in [-0.2, -0.15) is 0 Å². The van der Waals surface area contributed by atoms with Crippen LogP contribution >= 0.6 is 0 Å². The number of benzene rings is 2. The van der Waals surface area contributed by atoms with Gasteiger partial charge in [-0.1, -0.05) is 50.2 Å². The molecule has 0 aliphatic carbocycles. The smallest absolute Gasteiger partial charge is 0.249 e. The molecule has 0 aromatic heterocycles. The van der Waals surface area contributed by atoms with E-state index in [2.05, 4.69) is 5.32 Å². The molecule has 2 aromatic carbocycles. The van der Waals surface area contributed by atoms with Gasteiger partial charge < -0.3 is 15.0 Å². The summed E-state index contributed by atoms with van der Waals surface area (Å²) in [4.78, 5) is 27.6. The summed E-state index contributed by atoms with van der Waals surface area (Å²) in [6.07, 6.45) is 2.06. The molecular weight excluding hydrogens is 352 g/mol. The van der Waals surface area contributed by atoms with Crippen LogP contribution in [0.25, 0.3) is 0 Å². The van der Waals surface area contributed by atoms with Crippen molar-refractivity contribution in [3.05, 3.63) is 59.7 Å². The number of hydrogen-bond acceptors (Lipinski definition) is 3. The molecular formula is C23H28N2O3. The van der Waals surface area contributed by atoms with Gasteiger partial charge in [-0.05, 0) is 36.5 Å². The number of nitrogens with zero attached hydrogens (tertiary/aromatic N) is 1. The van der Waals surface area contributed by atoms with Crippen molar-refractivity contribution < 1.29 is 14.3 Å². The summed E-state index contributed by atoms with van der Waals surface area (Å²) < 4.78 is 5.38. The molecule has 0 fully saturated rings. The fourth-order valence-electron chi connectivity index (χ4n) is 3.43. The fourth-order valence-corrected chi connectivity index (χ4v) is 3.43. The molecule has 2 atom stereocenters. The Labute approximate surface area is 166 Å². The number of nitrogens with one attached hydrogen (secondary N) is 1. The number of ether oxygens (including phenoxy) is 1. The molecule has 1 aliphatic rings. The van der Waals surface area contributed by atoms with Crippen LogP contribution in [0.15, 0.2) is 48.5 Å². The highest BCUT2D eigenvalue weighted by molar-refractivity contribution is 6.00. The Balaban J connectivity index is 1.95. The maximum Gasteiger partial charge on any atom is 0.249 e. The molecule has 0 bridgehead atoms. The largest absolute Gasteiger partial charge is 0.497 e. The van der Waals surface area contributed by atoms with E-state index in [0.717, 1.165) is 29.7 Å². The van der Waals surface area contributed by atoms with Gasteiger partial charge in [0.2, 0.25) is 11.8 Å². The first-order chi connectivity index (χ1) is 13.5. The van der Waals surface area contributed by atoms with Gasteiger partial charge in [0.1, 0.15) is 11.8 Å². The summed E-state index contributed by atoms with van der Waals surface area (Å²) in [7, 11) is 1.62.